The highest BCUT2D eigenvalue weighted by atomic mass is 32.1. The maximum atomic E-state index is 12.6. The van der Waals surface area contributed by atoms with E-state index in [1.807, 2.05) is 13.1 Å². The first-order valence-corrected chi connectivity index (χ1v) is 9.09. The molecule has 3 rings (SSSR count). The Morgan fingerprint density at radius 2 is 2.18 bits per heavy atom. The maximum Gasteiger partial charge on any atom is 0.225 e. The zero-order valence-corrected chi connectivity index (χ0v) is 14.4. The molecule has 2 atom stereocenters. The molecule has 0 saturated carbocycles. The Bertz CT molecular complexity index is 510. The van der Waals surface area contributed by atoms with Crippen LogP contribution in [0.5, 0.6) is 0 Å². The molecule has 0 aliphatic carbocycles. The number of thiazole rings is 1. The van der Waals surface area contributed by atoms with Crippen molar-refractivity contribution in [3.63, 3.8) is 0 Å². The average molecular weight is 322 g/mol. The van der Waals surface area contributed by atoms with Crippen molar-refractivity contribution in [2.75, 3.05) is 32.7 Å². The summed E-state index contributed by atoms with van der Waals surface area (Å²) in [5, 5.41) is 4.55. The molecule has 1 aromatic rings. The van der Waals surface area contributed by atoms with Gasteiger partial charge >= 0.3 is 0 Å². The second-order valence-corrected chi connectivity index (χ2v) is 7.84. The fourth-order valence-corrected chi connectivity index (χ4v) is 4.28. The Labute approximate surface area is 136 Å². The molecule has 0 spiro atoms. The van der Waals surface area contributed by atoms with Gasteiger partial charge in [-0.05, 0) is 33.2 Å². The number of aromatic nitrogens is 1. The number of hydrogen-bond donors (Lipinski definition) is 1. The largest absolute Gasteiger partial charge is 0.340 e. The lowest BCUT2D eigenvalue weighted by Crippen LogP contribution is -2.51. The molecule has 6 heteroatoms. The van der Waals surface area contributed by atoms with Crippen molar-refractivity contribution in [3.05, 3.63) is 16.1 Å². The molecule has 122 valence electrons. The molecule has 2 fully saturated rings. The molecule has 3 heterocycles. The summed E-state index contributed by atoms with van der Waals surface area (Å²) in [5.74, 6) is 0.605. The Balaban J connectivity index is 1.47. The lowest BCUT2D eigenvalue weighted by atomic mass is 9.92. The summed E-state index contributed by atoms with van der Waals surface area (Å²) in [5.41, 5.74) is 0. The number of carbonyl (C=O) groups is 1. The minimum absolute atomic E-state index is 0.229. The molecule has 22 heavy (non-hydrogen) atoms. The van der Waals surface area contributed by atoms with Crippen molar-refractivity contribution >= 4 is 17.2 Å². The van der Waals surface area contributed by atoms with Gasteiger partial charge in [-0.2, -0.15) is 0 Å². The van der Waals surface area contributed by atoms with Crippen LogP contribution >= 0.6 is 11.3 Å². The van der Waals surface area contributed by atoms with E-state index in [2.05, 4.69) is 27.0 Å². The first-order valence-electron chi connectivity index (χ1n) is 8.27. The van der Waals surface area contributed by atoms with Crippen LogP contribution in [0.4, 0.5) is 0 Å². The van der Waals surface area contributed by atoms with Crippen LogP contribution < -0.4 is 5.32 Å². The number of piperidine rings is 1. The van der Waals surface area contributed by atoms with Gasteiger partial charge in [0.15, 0.2) is 0 Å². The monoisotopic (exact) mass is 322 g/mol. The van der Waals surface area contributed by atoms with E-state index in [-0.39, 0.29) is 5.92 Å². The van der Waals surface area contributed by atoms with Crippen LogP contribution in [0.3, 0.4) is 0 Å². The minimum Gasteiger partial charge on any atom is -0.340 e. The lowest BCUT2D eigenvalue weighted by Gasteiger charge is -2.37. The number of aryl methyl sites for hydroxylation is 1. The van der Waals surface area contributed by atoms with E-state index in [9.17, 15) is 4.79 Å². The van der Waals surface area contributed by atoms with Gasteiger partial charge in [0, 0.05) is 55.8 Å². The summed E-state index contributed by atoms with van der Waals surface area (Å²) in [6, 6.07) is 0.471. The third-order valence-electron chi connectivity index (χ3n) is 4.71. The number of rotatable bonds is 3. The summed E-state index contributed by atoms with van der Waals surface area (Å²) >= 11 is 1.77. The van der Waals surface area contributed by atoms with Crippen molar-refractivity contribution in [1.82, 2.24) is 20.1 Å². The van der Waals surface area contributed by atoms with Gasteiger partial charge in [0.05, 0.1) is 5.01 Å². The fraction of sp³-hybridized carbons (Fsp3) is 0.750. The summed E-state index contributed by atoms with van der Waals surface area (Å²) < 4.78 is 0. The molecular weight excluding hydrogens is 296 g/mol. The highest BCUT2D eigenvalue weighted by Gasteiger charge is 2.30. The Hall–Kier alpha value is -0.980. The molecule has 0 unspecified atom stereocenters. The number of amides is 1. The second-order valence-electron chi connectivity index (χ2n) is 6.52. The molecule has 1 amide bonds. The second kappa shape index (κ2) is 7.06. The summed E-state index contributed by atoms with van der Waals surface area (Å²) in [6.45, 7) is 9.86. The van der Waals surface area contributed by atoms with Crippen LogP contribution in [0.25, 0.3) is 0 Å². The number of nitrogens with zero attached hydrogens (tertiary/aromatic N) is 3. The van der Waals surface area contributed by atoms with Gasteiger partial charge in [0.1, 0.15) is 0 Å². The average Bonchev–Trinajstić information content (AvgIpc) is 2.92. The van der Waals surface area contributed by atoms with Gasteiger partial charge in [-0.1, -0.05) is 0 Å². The molecule has 2 saturated heterocycles. The summed E-state index contributed by atoms with van der Waals surface area (Å²) in [4.78, 5) is 22.8. The van der Waals surface area contributed by atoms with Crippen LogP contribution in [0.2, 0.25) is 0 Å². The van der Waals surface area contributed by atoms with Crippen LogP contribution in [0.1, 0.15) is 29.7 Å². The molecule has 1 N–H and O–H groups in total. The molecule has 0 bridgehead atoms. The van der Waals surface area contributed by atoms with Crippen LogP contribution in [0, 0.1) is 12.8 Å². The molecule has 2 aliphatic heterocycles. The van der Waals surface area contributed by atoms with E-state index in [4.69, 9.17) is 0 Å². The Morgan fingerprint density at radius 3 is 2.82 bits per heavy atom. The zero-order chi connectivity index (χ0) is 15.5. The van der Waals surface area contributed by atoms with Gasteiger partial charge in [-0.25, -0.2) is 4.98 Å². The highest BCUT2D eigenvalue weighted by molar-refractivity contribution is 7.11. The first-order chi connectivity index (χ1) is 10.6. The standard InChI is InChI=1S/C16H26N4OS/c1-12-9-14(3-4-17-12)16(21)20-7-5-19(6-8-20)11-15-10-18-13(2)22-15/h10,12,14,17H,3-9,11H2,1-2H3/t12-,14-/m0/s1. The highest BCUT2D eigenvalue weighted by Crippen LogP contribution is 2.20. The molecule has 0 aromatic carbocycles. The van der Waals surface area contributed by atoms with Crippen molar-refractivity contribution in [3.8, 4) is 0 Å². The smallest absolute Gasteiger partial charge is 0.225 e. The van der Waals surface area contributed by atoms with E-state index in [1.165, 1.54) is 4.88 Å². The topological polar surface area (TPSA) is 48.5 Å². The molecule has 5 nitrogen and oxygen atoms in total. The van der Waals surface area contributed by atoms with Crippen LogP contribution in [-0.2, 0) is 11.3 Å². The van der Waals surface area contributed by atoms with Crippen molar-refractivity contribution in [2.24, 2.45) is 5.92 Å². The molecule has 1 aromatic heterocycles. The van der Waals surface area contributed by atoms with E-state index >= 15 is 0 Å². The Morgan fingerprint density at radius 1 is 1.41 bits per heavy atom. The Kier molecular flexibility index (Phi) is 5.10. The van der Waals surface area contributed by atoms with Crippen LogP contribution in [0.15, 0.2) is 6.20 Å². The van der Waals surface area contributed by atoms with E-state index in [0.29, 0.717) is 11.9 Å². The number of carbonyl (C=O) groups excluding carboxylic acids is 1. The van der Waals surface area contributed by atoms with Crippen molar-refractivity contribution in [2.45, 2.75) is 39.3 Å². The summed E-state index contributed by atoms with van der Waals surface area (Å²) in [6.07, 6.45) is 3.96. The van der Waals surface area contributed by atoms with Gasteiger partial charge < -0.3 is 10.2 Å². The van der Waals surface area contributed by atoms with Crippen molar-refractivity contribution in [1.29, 1.82) is 0 Å². The maximum absolute atomic E-state index is 12.6. The minimum atomic E-state index is 0.229. The van der Waals surface area contributed by atoms with Gasteiger partial charge in [0.2, 0.25) is 5.91 Å². The third-order valence-corrected chi connectivity index (χ3v) is 5.60. The van der Waals surface area contributed by atoms with E-state index in [0.717, 1.165) is 57.1 Å². The first kappa shape index (κ1) is 15.9. The van der Waals surface area contributed by atoms with Gasteiger partial charge in [-0.15, -0.1) is 11.3 Å². The molecular formula is C16H26N4OS. The van der Waals surface area contributed by atoms with Gasteiger partial charge in [0.25, 0.3) is 0 Å². The van der Waals surface area contributed by atoms with Crippen molar-refractivity contribution < 1.29 is 4.79 Å². The van der Waals surface area contributed by atoms with E-state index < -0.39 is 0 Å². The van der Waals surface area contributed by atoms with Gasteiger partial charge in [-0.3, -0.25) is 9.69 Å². The predicted octanol–water partition coefficient (Wildman–Crippen LogP) is 1.48. The number of piperazine rings is 1. The fourth-order valence-electron chi connectivity index (χ4n) is 3.44. The molecule has 0 radical (unpaired) electrons. The van der Waals surface area contributed by atoms with Crippen LogP contribution in [-0.4, -0.2) is 59.5 Å². The quantitative estimate of drug-likeness (QED) is 0.916. The predicted molar refractivity (Wildman–Crippen MR) is 88.9 cm³/mol. The normalized spacial score (nSPS) is 27.1. The SMILES string of the molecule is Cc1ncc(CN2CCN(C(=O)[C@H]3CCN[C@@H](C)C3)CC2)s1. The summed E-state index contributed by atoms with van der Waals surface area (Å²) in [7, 11) is 0. The number of hydrogen-bond acceptors (Lipinski definition) is 5. The number of nitrogens with one attached hydrogen (secondary N) is 1. The zero-order valence-electron chi connectivity index (χ0n) is 13.5. The van der Waals surface area contributed by atoms with E-state index in [1.54, 1.807) is 11.3 Å². The lowest BCUT2D eigenvalue weighted by molar-refractivity contribution is -0.138. The third kappa shape index (κ3) is 3.86. The molecule has 2 aliphatic rings.